The van der Waals surface area contributed by atoms with Crippen molar-refractivity contribution in [2.24, 2.45) is 4.99 Å². The van der Waals surface area contributed by atoms with Crippen molar-refractivity contribution in [2.75, 3.05) is 45.9 Å². The molecule has 1 amide bonds. The number of aromatic nitrogens is 1. The Kier molecular flexibility index (Phi) is 10.1. The third kappa shape index (κ3) is 6.52. The average molecular weight is 535 g/mol. The summed E-state index contributed by atoms with van der Waals surface area (Å²) in [7, 11) is 0. The van der Waals surface area contributed by atoms with Gasteiger partial charge in [0.15, 0.2) is 5.96 Å². The molecular weight excluding hydrogens is 501 g/mol. The van der Waals surface area contributed by atoms with Gasteiger partial charge in [0.2, 0.25) is 0 Å². The van der Waals surface area contributed by atoms with Gasteiger partial charge in [-0.1, -0.05) is 6.92 Å². The van der Waals surface area contributed by atoms with E-state index in [1.807, 2.05) is 4.90 Å². The van der Waals surface area contributed by atoms with Crippen molar-refractivity contribution < 1.29 is 9.53 Å². The fourth-order valence-electron chi connectivity index (χ4n) is 3.72. The van der Waals surface area contributed by atoms with Crippen LogP contribution in [0, 0.1) is 6.92 Å². The van der Waals surface area contributed by atoms with Crippen molar-refractivity contribution in [1.82, 2.24) is 20.1 Å². The molecule has 164 valence electrons. The number of carbonyl (C=O) groups is 1. The maximum atomic E-state index is 12.5. The van der Waals surface area contributed by atoms with Gasteiger partial charge >= 0.3 is 0 Å². The van der Waals surface area contributed by atoms with Gasteiger partial charge in [0.1, 0.15) is 6.10 Å². The summed E-state index contributed by atoms with van der Waals surface area (Å²) in [5.41, 5.74) is 1.21. The lowest BCUT2D eigenvalue weighted by Gasteiger charge is -2.37. The molecule has 3 heterocycles. The van der Waals surface area contributed by atoms with E-state index in [0.717, 1.165) is 70.9 Å². The van der Waals surface area contributed by atoms with Crippen LogP contribution in [0.3, 0.4) is 0 Å². The molecule has 7 nitrogen and oxygen atoms in total. The molecule has 0 bridgehead atoms. The van der Waals surface area contributed by atoms with Crippen LogP contribution in [0.1, 0.15) is 42.3 Å². The van der Waals surface area contributed by atoms with Crippen molar-refractivity contribution in [3.8, 4) is 0 Å². The standard InChI is InChI=1S/C20H33N5O2S.HI/c1-4-16-15(3)28-18(23-16)8-9-22-20(21-5-2)25-12-10-24(11-13-25)19(26)17-7-6-14-27-17;/h17H,4-14H2,1-3H3,(H,21,22);1H. The van der Waals surface area contributed by atoms with Crippen molar-refractivity contribution in [2.45, 2.75) is 52.6 Å². The predicted octanol–water partition coefficient (Wildman–Crippen LogP) is 2.46. The van der Waals surface area contributed by atoms with E-state index in [0.29, 0.717) is 6.61 Å². The van der Waals surface area contributed by atoms with Gasteiger partial charge in [-0.3, -0.25) is 9.79 Å². The Morgan fingerprint density at radius 1 is 1.28 bits per heavy atom. The summed E-state index contributed by atoms with van der Waals surface area (Å²) < 4.78 is 5.55. The fourth-order valence-corrected chi connectivity index (χ4v) is 4.73. The number of nitrogens with one attached hydrogen (secondary N) is 1. The number of halogens is 1. The molecule has 2 fully saturated rings. The Morgan fingerprint density at radius 2 is 2.00 bits per heavy atom. The topological polar surface area (TPSA) is 70.1 Å². The smallest absolute Gasteiger partial charge is 0.251 e. The summed E-state index contributed by atoms with van der Waals surface area (Å²) >= 11 is 1.78. The molecule has 0 radical (unpaired) electrons. The second-order valence-electron chi connectivity index (χ2n) is 7.26. The van der Waals surface area contributed by atoms with Crippen LogP contribution in [-0.2, 0) is 22.4 Å². The average Bonchev–Trinajstić information content (AvgIpc) is 3.36. The maximum Gasteiger partial charge on any atom is 0.251 e. The van der Waals surface area contributed by atoms with E-state index in [4.69, 9.17) is 14.7 Å². The summed E-state index contributed by atoms with van der Waals surface area (Å²) in [5.74, 6) is 1.10. The second-order valence-corrected chi connectivity index (χ2v) is 8.55. The van der Waals surface area contributed by atoms with Gasteiger partial charge in [-0.15, -0.1) is 35.3 Å². The summed E-state index contributed by atoms with van der Waals surface area (Å²) in [6.07, 6.45) is 3.50. The molecule has 1 N–H and O–H groups in total. The molecule has 0 spiro atoms. The third-order valence-corrected chi connectivity index (χ3v) is 6.36. The van der Waals surface area contributed by atoms with Crippen LogP contribution in [0.15, 0.2) is 4.99 Å². The molecule has 1 aromatic rings. The maximum absolute atomic E-state index is 12.5. The fraction of sp³-hybridized carbons (Fsp3) is 0.750. The summed E-state index contributed by atoms with van der Waals surface area (Å²) in [6, 6.07) is 0. The van der Waals surface area contributed by atoms with E-state index in [-0.39, 0.29) is 36.0 Å². The minimum Gasteiger partial charge on any atom is -0.368 e. The second kappa shape index (κ2) is 12.0. The summed E-state index contributed by atoms with van der Waals surface area (Å²) in [5, 5.41) is 4.56. The number of piperazine rings is 1. The molecule has 3 rings (SSSR count). The molecular formula is C20H34IN5O2S. The Balaban J connectivity index is 0.00000300. The Hall–Kier alpha value is -0.940. The number of hydrogen-bond acceptors (Lipinski definition) is 5. The SMILES string of the molecule is CCNC(=NCCc1nc(CC)c(C)s1)N1CCN(C(=O)C2CCCO2)CC1.I. The van der Waals surface area contributed by atoms with E-state index in [2.05, 4.69) is 31.0 Å². The van der Waals surface area contributed by atoms with E-state index in [1.54, 1.807) is 11.3 Å². The Bertz CT molecular complexity index is 682. The van der Waals surface area contributed by atoms with Gasteiger partial charge in [-0.2, -0.15) is 0 Å². The molecule has 2 aliphatic heterocycles. The Labute approximate surface area is 195 Å². The highest BCUT2D eigenvalue weighted by molar-refractivity contribution is 14.0. The lowest BCUT2D eigenvalue weighted by atomic mass is 10.2. The van der Waals surface area contributed by atoms with Gasteiger partial charge < -0.3 is 19.9 Å². The lowest BCUT2D eigenvalue weighted by molar-refractivity contribution is -0.142. The highest BCUT2D eigenvalue weighted by Crippen LogP contribution is 2.18. The first-order valence-corrected chi connectivity index (χ1v) is 11.3. The quantitative estimate of drug-likeness (QED) is 0.345. The summed E-state index contributed by atoms with van der Waals surface area (Å²) in [4.78, 5) is 27.6. The number of guanidine groups is 1. The van der Waals surface area contributed by atoms with Crippen LogP contribution >= 0.6 is 35.3 Å². The minimum atomic E-state index is -0.219. The Morgan fingerprint density at radius 3 is 2.59 bits per heavy atom. The normalized spacial score (nSPS) is 20.0. The third-order valence-electron chi connectivity index (χ3n) is 5.29. The predicted molar refractivity (Wildman–Crippen MR) is 128 cm³/mol. The van der Waals surface area contributed by atoms with Gasteiger partial charge in [0.25, 0.3) is 5.91 Å². The van der Waals surface area contributed by atoms with Crippen LogP contribution in [0.4, 0.5) is 0 Å². The molecule has 1 atom stereocenters. The monoisotopic (exact) mass is 535 g/mol. The number of ether oxygens (including phenoxy) is 1. The minimum absolute atomic E-state index is 0. The first kappa shape index (κ1) is 24.3. The van der Waals surface area contributed by atoms with Crippen molar-refractivity contribution in [1.29, 1.82) is 0 Å². The van der Waals surface area contributed by atoms with Crippen LogP contribution in [0.2, 0.25) is 0 Å². The molecule has 29 heavy (non-hydrogen) atoms. The zero-order chi connectivity index (χ0) is 19.9. The van der Waals surface area contributed by atoms with Gasteiger partial charge in [-0.05, 0) is 33.1 Å². The number of nitrogens with zero attached hydrogens (tertiary/aromatic N) is 4. The van der Waals surface area contributed by atoms with Crippen LogP contribution < -0.4 is 5.32 Å². The summed E-state index contributed by atoms with van der Waals surface area (Å²) in [6.45, 7) is 11.7. The van der Waals surface area contributed by atoms with E-state index >= 15 is 0 Å². The number of aryl methyl sites for hydroxylation is 2. The van der Waals surface area contributed by atoms with Gasteiger partial charge in [0.05, 0.1) is 10.7 Å². The number of thiazole rings is 1. The van der Waals surface area contributed by atoms with Crippen molar-refractivity contribution >= 4 is 47.2 Å². The molecule has 9 heteroatoms. The molecule has 0 saturated carbocycles. The number of amides is 1. The molecule has 2 aliphatic rings. The molecule has 0 aromatic carbocycles. The van der Waals surface area contributed by atoms with E-state index < -0.39 is 0 Å². The largest absolute Gasteiger partial charge is 0.368 e. The zero-order valence-electron chi connectivity index (χ0n) is 17.8. The van der Waals surface area contributed by atoms with Crippen molar-refractivity contribution in [3.05, 3.63) is 15.6 Å². The first-order valence-electron chi connectivity index (χ1n) is 10.5. The number of hydrogen-bond donors (Lipinski definition) is 1. The molecule has 1 unspecified atom stereocenters. The van der Waals surface area contributed by atoms with Crippen LogP contribution in [-0.4, -0.2) is 78.6 Å². The number of carbonyl (C=O) groups excluding carboxylic acids is 1. The van der Waals surface area contributed by atoms with Gasteiger partial charge in [0, 0.05) is 57.2 Å². The van der Waals surface area contributed by atoms with Crippen molar-refractivity contribution in [3.63, 3.8) is 0 Å². The molecule has 0 aliphatic carbocycles. The van der Waals surface area contributed by atoms with Gasteiger partial charge in [-0.25, -0.2) is 4.98 Å². The highest BCUT2D eigenvalue weighted by Gasteiger charge is 2.30. The number of rotatable bonds is 6. The van der Waals surface area contributed by atoms with E-state index in [9.17, 15) is 4.79 Å². The van der Waals surface area contributed by atoms with Crippen LogP contribution in [0.5, 0.6) is 0 Å². The van der Waals surface area contributed by atoms with E-state index in [1.165, 1.54) is 15.6 Å². The van der Waals surface area contributed by atoms with Crippen LogP contribution in [0.25, 0.3) is 0 Å². The zero-order valence-corrected chi connectivity index (χ0v) is 20.9. The number of aliphatic imine (C=N–C) groups is 1. The lowest BCUT2D eigenvalue weighted by Crippen LogP contribution is -2.55. The molecule has 2 saturated heterocycles. The first-order chi connectivity index (χ1) is 13.6. The highest BCUT2D eigenvalue weighted by atomic mass is 127. The molecule has 1 aromatic heterocycles.